The van der Waals surface area contributed by atoms with Crippen LogP contribution in [0, 0.1) is 5.82 Å². The summed E-state index contributed by atoms with van der Waals surface area (Å²) in [7, 11) is 0. The van der Waals surface area contributed by atoms with E-state index >= 15 is 0 Å². The van der Waals surface area contributed by atoms with Gasteiger partial charge in [0.05, 0.1) is 30.0 Å². The number of pyridine rings is 2. The average Bonchev–Trinajstić information content (AvgIpc) is 3.67. The number of halogens is 1. The highest BCUT2D eigenvalue weighted by Gasteiger charge is 2.26. The van der Waals surface area contributed by atoms with Gasteiger partial charge in [-0.15, -0.1) is 0 Å². The van der Waals surface area contributed by atoms with Crippen LogP contribution in [-0.2, 0) is 6.54 Å². The highest BCUT2D eigenvalue weighted by atomic mass is 19.1. The maximum atomic E-state index is 14.3. The zero-order valence-corrected chi connectivity index (χ0v) is 24.4. The number of hydrogen-bond donors (Lipinski definition) is 3. The molecule has 3 N–H and O–H groups in total. The molecule has 2 amide bonds. The van der Waals surface area contributed by atoms with Crippen LogP contribution in [0.3, 0.4) is 0 Å². The molecule has 0 radical (unpaired) electrons. The Morgan fingerprint density at radius 2 is 1.62 bits per heavy atom. The molecule has 11 heteroatoms. The third kappa shape index (κ3) is 6.23. The summed E-state index contributed by atoms with van der Waals surface area (Å²) in [6.07, 6.45) is 9.21. The molecule has 0 aliphatic heterocycles. The van der Waals surface area contributed by atoms with Crippen LogP contribution < -0.4 is 16.0 Å². The van der Waals surface area contributed by atoms with E-state index in [0.29, 0.717) is 49.3 Å². The summed E-state index contributed by atoms with van der Waals surface area (Å²) < 4.78 is 18.0. The Morgan fingerprint density at radius 1 is 0.867 bits per heavy atom. The third-order valence-electron chi connectivity index (χ3n) is 8.17. The molecule has 4 heterocycles. The summed E-state index contributed by atoms with van der Waals surface area (Å²) in [6.45, 7) is 0.650. The molecule has 2 aromatic carbocycles. The van der Waals surface area contributed by atoms with Crippen molar-refractivity contribution >= 4 is 39.9 Å². The van der Waals surface area contributed by atoms with Gasteiger partial charge < -0.3 is 20.4 Å². The van der Waals surface area contributed by atoms with Crippen LogP contribution in [0.5, 0.6) is 0 Å². The lowest BCUT2D eigenvalue weighted by Crippen LogP contribution is -2.44. The Kier molecular flexibility index (Phi) is 7.64. The fourth-order valence-electron chi connectivity index (χ4n) is 5.84. The summed E-state index contributed by atoms with van der Waals surface area (Å²) in [5.41, 5.74) is 4.03. The van der Waals surface area contributed by atoms with Crippen LogP contribution in [0.2, 0.25) is 0 Å². The van der Waals surface area contributed by atoms with Gasteiger partial charge in [0.2, 0.25) is 0 Å². The number of imidazole rings is 1. The number of hydrogen-bond acceptors (Lipinski definition) is 6. The molecule has 4 aromatic heterocycles. The summed E-state index contributed by atoms with van der Waals surface area (Å²) in [6, 6.07) is 22.6. The molecular weight excluding hydrogens is 571 g/mol. The number of carbonyl (C=O) groups excluding carboxylic acids is 2. The van der Waals surface area contributed by atoms with Crippen LogP contribution in [0.25, 0.3) is 16.6 Å². The number of nitrogens with one attached hydrogen (secondary N) is 3. The van der Waals surface area contributed by atoms with Crippen molar-refractivity contribution in [1.82, 2.24) is 34.8 Å². The molecule has 0 spiro atoms. The first-order valence-electron chi connectivity index (χ1n) is 15.0. The monoisotopic (exact) mass is 602 g/mol. The lowest BCUT2D eigenvalue weighted by Gasteiger charge is -2.29. The molecule has 10 nitrogen and oxygen atoms in total. The standard InChI is InChI=1S/C34H31FN8O2/c35-24-17-28(32(36-19-24)38-27-13-14-30-23(16-27)18-37-43(30)20-22-6-2-1-3-7-22)33(44)39-25-9-11-26(12-10-25)40-34(45)29-21-42-15-5-4-8-31(42)41-29/h1-8,13-19,21,25-26H,9-12,20H2,(H,36,38)(H,39,44)(H,40,45)/t25-,26+. The molecule has 6 aromatic rings. The average molecular weight is 603 g/mol. The lowest BCUT2D eigenvalue weighted by molar-refractivity contribution is 0.0889. The second-order valence-electron chi connectivity index (χ2n) is 11.3. The van der Waals surface area contributed by atoms with Crippen LogP contribution >= 0.6 is 0 Å². The van der Waals surface area contributed by atoms with Crippen molar-refractivity contribution in [2.75, 3.05) is 5.32 Å². The molecule has 0 bridgehead atoms. The van der Waals surface area contributed by atoms with E-state index in [1.54, 1.807) is 12.4 Å². The van der Waals surface area contributed by atoms with Gasteiger partial charge in [-0.3, -0.25) is 14.3 Å². The molecule has 7 rings (SSSR count). The van der Waals surface area contributed by atoms with E-state index in [1.165, 1.54) is 6.07 Å². The molecule has 1 aliphatic carbocycles. The highest BCUT2D eigenvalue weighted by molar-refractivity contribution is 6.00. The summed E-state index contributed by atoms with van der Waals surface area (Å²) in [5, 5.41) is 14.8. The van der Waals surface area contributed by atoms with Gasteiger partial charge in [0.1, 0.15) is 23.0 Å². The van der Waals surface area contributed by atoms with Crippen LogP contribution in [0.4, 0.5) is 15.9 Å². The van der Waals surface area contributed by atoms with Crippen LogP contribution in [0.1, 0.15) is 52.1 Å². The molecule has 226 valence electrons. The predicted molar refractivity (Wildman–Crippen MR) is 169 cm³/mol. The number of fused-ring (bicyclic) bond motifs is 2. The summed E-state index contributed by atoms with van der Waals surface area (Å²) >= 11 is 0. The minimum absolute atomic E-state index is 0.0181. The number of amides is 2. The van der Waals surface area contributed by atoms with Gasteiger partial charge in [0.25, 0.3) is 11.8 Å². The van der Waals surface area contributed by atoms with E-state index in [1.807, 2.05) is 69.9 Å². The number of carbonyl (C=O) groups is 2. The number of anilines is 2. The molecule has 0 saturated heterocycles. The van der Waals surface area contributed by atoms with E-state index in [4.69, 9.17) is 0 Å². The van der Waals surface area contributed by atoms with Crippen molar-refractivity contribution < 1.29 is 14.0 Å². The third-order valence-corrected chi connectivity index (χ3v) is 8.17. The first-order valence-corrected chi connectivity index (χ1v) is 15.0. The molecule has 1 fully saturated rings. The van der Waals surface area contributed by atoms with E-state index in [2.05, 4.69) is 43.1 Å². The predicted octanol–water partition coefficient (Wildman–Crippen LogP) is 5.48. The second kappa shape index (κ2) is 12.2. The Balaban J connectivity index is 0.977. The second-order valence-corrected chi connectivity index (χ2v) is 11.3. The van der Waals surface area contributed by atoms with Gasteiger partial charge in [-0.1, -0.05) is 36.4 Å². The number of rotatable bonds is 8. The van der Waals surface area contributed by atoms with Crippen molar-refractivity contribution in [3.8, 4) is 0 Å². The smallest absolute Gasteiger partial charge is 0.271 e. The number of benzene rings is 2. The Labute approximate surface area is 258 Å². The quantitative estimate of drug-likeness (QED) is 0.212. The lowest BCUT2D eigenvalue weighted by atomic mass is 9.91. The maximum absolute atomic E-state index is 14.3. The zero-order valence-electron chi connectivity index (χ0n) is 24.4. The van der Waals surface area contributed by atoms with E-state index in [-0.39, 0.29) is 29.4 Å². The highest BCUT2D eigenvalue weighted by Crippen LogP contribution is 2.25. The molecule has 1 saturated carbocycles. The normalized spacial score (nSPS) is 16.5. The van der Waals surface area contributed by atoms with Gasteiger partial charge >= 0.3 is 0 Å². The van der Waals surface area contributed by atoms with E-state index in [9.17, 15) is 14.0 Å². The van der Waals surface area contributed by atoms with E-state index < -0.39 is 11.7 Å². The minimum atomic E-state index is -0.596. The fraction of sp³-hybridized carbons (Fsp3) is 0.206. The molecule has 1 aliphatic rings. The van der Waals surface area contributed by atoms with E-state index in [0.717, 1.165) is 22.7 Å². The summed E-state index contributed by atoms with van der Waals surface area (Å²) in [5.74, 6) is -0.951. The maximum Gasteiger partial charge on any atom is 0.271 e. The Bertz CT molecular complexity index is 1960. The Hall–Kier alpha value is -5.58. The van der Waals surface area contributed by atoms with Crippen molar-refractivity contribution in [2.24, 2.45) is 0 Å². The largest absolute Gasteiger partial charge is 0.349 e. The summed E-state index contributed by atoms with van der Waals surface area (Å²) in [4.78, 5) is 34.7. The number of nitrogens with zero attached hydrogens (tertiary/aromatic N) is 5. The van der Waals surface area contributed by atoms with Crippen LogP contribution in [0.15, 0.2) is 97.6 Å². The Morgan fingerprint density at radius 3 is 2.40 bits per heavy atom. The molecular formula is C34H31FN8O2. The molecule has 0 unspecified atom stereocenters. The topological polar surface area (TPSA) is 118 Å². The first kappa shape index (κ1) is 28.2. The minimum Gasteiger partial charge on any atom is -0.349 e. The van der Waals surface area contributed by atoms with Crippen molar-refractivity contribution in [1.29, 1.82) is 0 Å². The SMILES string of the molecule is O=C(N[C@H]1CC[C@@H](NC(=O)c2cc(F)cnc2Nc2ccc3c(cnn3Cc3ccccc3)c2)CC1)c1cn2ccccc2n1. The van der Waals surface area contributed by atoms with Gasteiger partial charge in [-0.05, 0) is 67.6 Å². The van der Waals surface area contributed by atoms with Gasteiger partial charge in [-0.2, -0.15) is 5.10 Å². The van der Waals surface area contributed by atoms with Gasteiger partial charge in [0.15, 0.2) is 0 Å². The fourth-order valence-corrected chi connectivity index (χ4v) is 5.84. The molecule has 0 atom stereocenters. The van der Waals surface area contributed by atoms with Crippen LogP contribution in [-0.4, -0.2) is 48.0 Å². The van der Waals surface area contributed by atoms with Gasteiger partial charge in [0, 0.05) is 35.6 Å². The zero-order chi connectivity index (χ0) is 30.8. The van der Waals surface area contributed by atoms with Crippen molar-refractivity contribution in [3.05, 3.63) is 120 Å². The number of aromatic nitrogens is 5. The van der Waals surface area contributed by atoms with Crippen molar-refractivity contribution in [3.63, 3.8) is 0 Å². The van der Waals surface area contributed by atoms with Crippen molar-refractivity contribution in [2.45, 2.75) is 44.3 Å². The first-order chi connectivity index (χ1) is 22.0. The molecule has 45 heavy (non-hydrogen) atoms. The van der Waals surface area contributed by atoms with Gasteiger partial charge in [-0.25, -0.2) is 14.4 Å².